The highest BCUT2D eigenvalue weighted by atomic mass is 35.5. The molecule has 4 nitrogen and oxygen atoms in total. The summed E-state index contributed by atoms with van der Waals surface area (Å²) in [6, 6.07) is 5.61. The van der Waals surface area contributed by atoms with Gasteiger partial charge in [-0.3, -0.25) is 4.79 Å². The van der Waals surface area contributed by atoms with Crippen LogP contribution in [0, 0.1) is 11.3 Å². The predicted molar refractivity (Wildman–Crippen MR) is 117 cm³/mol. The third-order valence-electron chi connectivity index (χ3n) is 6.24. The van der Waals surface area contributed by atoms with Gasteiger partial charge in [-0.05, 0) is 68.3 Å². The second-order valence-electron chi connectivity index (χ2n) is 8.36. The Kier molecular flexibility index (Phi) is 9.26. The van der Waals surface area contributed by atoms with Crippen LogP contribution in [0.2, 0.25) is 5.02 Å². The van der Waals surface area contributed by atoms with E-state index in [0.717, 1.165) is 31.0 Å². The molecule has 2 N–H and O–H groups in total. The summed E-state index contributed by atoms with van der Waals surface area (Å²) in [6.45, 7) is 2.93. The van der Waals surface area contributed by atoms with Crippen LogP contribution >= 0.6 is 11.6 Å². The molecule has 0 heterocycles. The topological polar surface area (TPSA) is 50.4 Å². The number of carbonyl (C=O) groups is 1. The lowest BCUT2D eigenvalue weighted by molar-refractivity contribution is 0.0681. The van der Waals surface area contributed by atoms with E-state index in [1.165, 1.54) is 44.9 Å². The number of fused-ring (bicyclic) bond motifs is 2. The van der Waals surface area contributed by atoms with E-state index in [-0.39, 0.29) is 13.3 Å². The first-order valence-corrected chi connectivity index (χ1v) is 10.8. The lowest BCUT2D eigenvalue weighted by Crippen LogP contribution is -2.43. The number of carbonyl (C=O) groups excluding carboxylic acids is 1. The fourth-order valence-electron chi connectivity index (χ4n) is 4.81. The summed E-state index contributed by atoms with van der Waals surface area (Å²) in [5, 5.41) is 6.81. The number of rotatable bonds is 9. The average Bonchev–Trinajstić information content (AvgIpc) is 2.67. The molecule has 0 atom stereocenters. The van der Waals surface area contributed by atoms with Gasteiger partial charge >= 0.3 is 0 Å². The highest BCUT2D eigenvalue weighted by molar-refractivity contribution is 6.33. The Labute approximate surface area is 175 Å². The second kappa shape index (κ2) is 11.2. The van der Waals surface area contributed by atoms with Crippen molar-refractivity contribution in [1.29, 1.82) is 0 Å². The highest BCUT2D eigenvalue weighted by Crippen LogP contribution is 2.48. The van der Waals surface area contributed by atoms with Gasteiger partial charge in [0, 0.05) is 13.2 Å². The molecule has 0 saturated heterocycles. The molecule has 1 amide bonds. The first-order valence-electron chi connectivity index (χ1n) is 10.4. The molecule has 0 unspecified atom stereocenters. The van der Waals surface area contributed by atoms with Gasteiger partial charge in [-0.1, -0.05) is 50.8 Å². The predicted octanol–water partition coefficient (Wildman–Crippen LogP) is 5.19. The van der Waals surface area contributed by atoms with Crippen molar-refractivity contribution in [3.05, 3.63) is 34.3 Å². The van der Waals surface area contributed by atoms with Crippen molar-refractivity contribution >= 4 is 17.5 Å². The zero-order chi connectivity index (χ0) is 19.1. The van der Waals surface area contributed by atoms with Crippen LogP contribution < -0.4 is 10.6 Å². The van der Waals surface area contributed by atoms with Crippen LogP contribution in [0.3, 0.4) is 0 Å². The molecule has 2 saturated carbocycles. The summed E-state index contributed by atoms with van der Waals surface area (Å²) in [5.41, 5.74) is 1.87. The van der Waals surface area contributed by atoms with E-state index in [0.29, 0.717) is 29.2 Å². The zero-order valence-electron chi connectivity index (χ0n) is 16.5. The monoisotopic (exact) mass is 408 g/mol. The van der Waals surface area contributed by atoms with Crippen molar-refractivity contribution in [2.45, 2.75) is 65.4 Å². The van der Waals surface area contributed by atoms with Crippen molar-refractivity contribution in [1.82, 2.24) is 10.6 Å². The minimum Gasteiger partial charge on any atom is -0.377 e. The van der Waals surface area contributed by atoms with Gasteiger partial charge in [0.1, 0.15) is 0 Å². The number of benzene rings is 1. The normalized spacial score (nSPS) is 23.7. The maximum atomic E-state index is 12.8. The largest absolute Gasteiger partial charge is 0.377 e. The highest BCUT2D eigenvalue weighted by Gasteiger charge is 2.39. The Morgan fingerprint density at radius 1 is 1.29 bits per heavy atom. The minimum atomic E-state index is -0.0564. The summed E-state index contributed by atoms with van der Waals surface area (Å²) in [6.07, 6.45) is 10.1. The summed E-state index contributed by atoms with van der Waals surface area (Å²) in [7, 11) is 1.93. The number of halogens is 1. The Morgan fingerprint density at radius 2 is 2.04 bits per heavy atom. The fraction of sp³-hybridized carbons (Fsp3) is 0.696. The Balaban J connectivity index is 0.00000280. The van der Waals surface area contributed by atoms with Gasteiger partial charge in [0.05, 0.1) is 17.2 Å². The van der Waals surface area contributed by atoms with Crippen molar-refractivity contribution in [3.63, 3.8) is 0 Å². The van der Waals surface area contributed by atoms with Crippen LogP contribution in [-0.4, -0.2) is 32.7 Å². The van der Waals surface area contributed by atoms with Gasteiger partial charge in [-0.25, -0.2) is 0 Å². The smallest absolute Gasteiger partial charge is 0.252 e. The van der Waals surface area contributed by atoms with Gasteiger partial charge in [0.15, 0.2) is 0 Å². The van der Waals surface area contributed by atoms with Gasteiger partial charge in [0.25, 0.3) is 5.91 Å². The van der Waals surface area contributed by atoms with Gasteiger partial charge in [0.2, 0.25) is 0 Å². The van der Waals surface area contributed by atoms with E-state index in [4.69, 9.17) is 16.3 Å². The van der Waals surface area contributed by atoms with Gasteiger partial charge in [-0.15, -0.1) is 0 Å². The maximum Gasteiger partial charge on any atom is 0.252 e. The van der Waals surface area contributed by atoms with Crippen LogP contribution in [0.25, 0.3) is 0 Å². The number of ether oxygens (including phenoxy) is 1. The molecule has 28 heavy (non-hydrogen) atoms. The summed E-state index contributed by atoms with van der Waals surface area (Å²) in [4.78, 5) is 12.8. The first kappa shape index (κ1) is 23.2. The summed E-state index contributed by atoms with van der Waals surface area (Å²) < 4.78 is 5.69. The molecule has 0 aliphatic heterocycles. The molecule has 158 valence electrons. The Hall–Kier alpha value is -1.10. The molecule has 1 aromatic rings. The van der Waals surface area contributed by atoms with Crippen molar-refractivity contribution in [3.8, 4) is 0 Å². The van der Waals surface area contributed by atoms with Crippen LogP contribution in [0.4, 0.5) is 0 Å². The molecule has 0 aromatic heterocycles. The maximum absolute atomic E-state index is 12.8. The summed E-state index contributed by atoms with van der Waals surface area (Å²) >= 11 is 6.31. The van der Waals surface area contributed by atoms with E-state index < -0.39 is 0 Å². The SMILES string of the molecule is C.CNCCCOCc1ccc(Cl)c(C(=O)NCC23CCCC(CCC2)C3)c1. The lowest BCUT2D eigenvalue weighted by Gasteiger charge is -2.45. The number of hydrogen-bond donors (Lipinski definition) is 2. The van der Waals surface area contributed by atoms with Crippen LogP contribution in [0.1, 0.15) is 74.7 Å². The summed E-state index contributed by atoms with van der Waals surface area (Å²) in [5.74, 6) is 0.815. The van der Waals surface area contributed by atoms with Crippen LogP contribution in [0.5, 0.6) is 0 Å². The average molecular weight is 409 g/mol. The van der Waals surface area contributed by atoms with Crippen LogP contribution in [-0.2, 0) is 11.3 Å². The molecule has 2 aliphatic carbocycles. The lowest BCUT2D eigenvalue weighted by atomic mass is 9.62. The van der Waals surface area contributed by atoms with Crippen molar-refractivity contribution in [2.24, 2.45) is 11.3 Å². The van der Waals surface area contributed by atoms with E-state index in [1.807, 2.05) is 19.2 Å². The quantitative estimate of drug-likeness (QED) is 0.552. The molecule has 2 aliphatic rings. The molecular formula is C23H37ClN2O2. The number of nitrogens with one attached hydrogen (secondary N) is 2. The third kappa shape index (κ3) is 6.20. The molecule has 0 radical (unpaired) electrons. The molecular weight excluding hydrogens is 372 g/mol. The molecule has 5 heteroatoms. The second-order valence-corrected chi connectivity index (χ2v) is 8.77. The Bertz CT molecular complexity index is 625. The van der Waals surface area contributed by atoms with Crippen LogP contribution in [0.15, 0.2) is 18.2 Å². The Morgan fingerprint density at radius 3 is 2.75 bits per heavy atom. The van der Waals surface area contributed by atoms with E-state index in [1.54, 1.807) is 6.07 Å². The number of hydrogen-bond acceptors (Lipinski definition) is 3. The number of amides is 1. The fourth-order valence-corrected chi connectivity index (χ4v) is 5.01. The molecule has 2 bridgehead atoms. The van der Waals surface area contributed by atoms with E-state index in [9.17, 15) is 4.79 Å². The third-order valence-corrected chi connectivity index (χ3v) is 6.57. The van der Waals surface area contributed by atoms with Gasteiger partial charge < -0.3 is 15.4 Å². The van der Waals surface area contributed by atoms with Crippen molar-refractivity contribution in [2.75, 3.05) is 26.7 Å². The molecule has 3 rings (SSSR count). The van der Waals surface area contributed by atoms with Crippen molar-refractivity contribution < 1.29 is 9.53 Å². The van der Waals surface area contributed by atoms with E-state index in [2.05, 4.69) is 10.6 Å². The zero-order valence-corrected chi connectivity index (χ0v) is 17.2. The van der Waals surface area contributed by atoms with E-state index >= 15 is 0 Å². The first-order chi connectivity index (χ1) is 13.1. The molecule has 2 fully saturated rings. The minimum absolute atomic E-state index is 0. The molecule has 0 spiro atoms. The molecule has 1 aromatic carbocycles. The standard InChI is InChI=1S/C22H33ClN2O2.CH4/c1-24-11-4-12-27-15-18-7-8-20(23)19(13-18)21(26)25-16-22-9-2-5-17(14-22)6-3-10-22;/h7-8,13,17,24H,2-6,9-12,14-16H2,1H3,(H,25,26);1H4. The van der Waals surface area contributed by atoms with Gasteiger partial charge in [-0.2, -0.15) is 0 Å².